The van der Waals surface area contributed by atoms with Gasteiger partial charge < -0.3 is 5.21 Å². The molecule has 2 bridgehead atoms. The van der Waals surface area contributed by atoms with E-state index in [-0.39, 0.29) is 12.1 Å². The van der Waals surface area contributed by atoms with Crippen LogP contribution in [0.25, 0.3) is 0 Å². The molecule has 13 heavy (non-hydrogen) atoms. The summed E-state index contributed by atoms with van der Waals surface area (Å²) < 4.78 is 0. The molecule has 0 spiro atoms. The van der Waals surface area contributed by atoms with E-state index in [2.05, 4.69) is 0 Å². The van der Waals surface area contributed by atoms with Gasteiger partial charge in [-0.2, -0.15) is 5.06 Å². The van der Waals surface area contributed by atoms with Crippen LogP contribution in [0.1, 0.15) is 46.0 Å². The van der Waals surface area contributed by atoms with Crippen molar-refractivity contribution in [2.24, 2.45) is 0 Å². The number of ketones is 1. The zero-order valence-electron chi connectivity index (χ0n) is 8.49. The molecule has 1 N–H and O–H groups in total. The Labute approximate surface area is 79.7 Å². The van der Waals surface area contributed by atoms with Crippen LogP contribution in [0.15, 0.2) is 0 Å². The summed E-state index contributed by atoms with van der Waals surface area (Å²) in [6.45, 7) is 4.00. The molecule has 3 heteroatoms. The molecule has 0 aromatic carbocycles. The zero-order chi connectivity index (χ0) is 9.84. The Morgan fingerprint density at radius 1 is 1.23 bits per heavy atom. The molecule has 76 valence electrons. The van der Waals surface area contributed by atoms with Gasteiger partial charge in [-0.3, -0.25) is 4.79 Å². The first-order valence-electron chi connectivity index (χ1n) is 5.26. The number of nitrogens with zero attached hydrogens (tertiary/aromatic N) is 1. The van der Waals surface area contributed by atoms with E-state index in [9.17, 15) is 10.0 Å². The Morgan fingerprint density at radius 3 is 2.15 bits per heavy atom. The highest BCUT2D eigenvalue weighted by atomic mass is 16.5. The molecule has 2 unspecified atom stereocenters. The predicted molar refractivity (Wildman–Crippen MR) is 50.6 cm³/mol. The Kier molecular flexibility index (Phi) is 3.88. The quantitative estimate of drug-likeness (QED) is 0.627. The van der Waals surface area contributed by atoms with Gasteiger partial charge in [0.05, 0.1) is 0 Å². The predicted octanol–water partition coefficient (Wildman–Crippen LogP) is 1.99. The van der Waals surface area contributed by atoms with E-state index in [0.717, 1.165) is 12.8 Å². The number of carbonyl (C=O) groups excluding carboxylic acids is 1. The standard InChI is InChI=1S/C8H13NO2.C2H6/c10-8-4-6-2-1-3-7(5-8)9(6)11;1-2/h6-7,11H,1-5H2;1-2H3. The van der Waals surface area contributed by atoms with Crippen LogP contribution in [0, 0.1) is 0 Å². The molecule has 2 saturated heterocycles. The van der Waals surface area contributed by atoms with Gasteiger partial charge in [-0.15, -0.1) is 0 Å². The fourth-order valence-corrected chi connectivity index (χ4v) is 2.15. The number of rotatable bonds is 0. The van der Waals surface area contributed by atoms with E-state index in [0.29, 0.717) is 18.6 Å². The average Bonchev–Trinajstić information content (AvgIpc) is 2.11. The minimum atomic E-state index is 0.134. The summed E-state index contributed by atoms with van der Waals surface area (Å²) in [7, 11) is 0. The van der Waals surface area contributed by atoms with Crippen LogP contribution in [-0.4, -0.2) is 28.1 Å². The van der Waals surface area contributed by atoms with Gasteiger partial charge in [0.15, 0.2) is 0 Å². The SMILES string of the molecule is CC.O=C1CC2CCCC(C1)N2O. The van der Waals surface area contributed by atoms with Crippen molar-refractivity contribution in [1.29, 1.82) is 0 Å². The van der Waals surface area contributed by atoms with Gasteiger partial charge >= 0.3 is 0 Å². The van der Waals surface area contributed by atoms with Gasteiger partial charge in [-0.1, -0.05) is 20.3 Å². The number of hydrogen-bond acceptors (Lipinski definition) is 3. The van der Waals surface area contributed by atoms with Gasteiger partial charge in [0.25, 0.3) is 0 Å². The van der Waals surface area contributed by atoms with Crippen LogP contribution >= 0.6 is 0 Å². The number of piperidine rings is 2. The van der Waals surface area contributed by atoms with Gasteiger partial charge in [-0.25, -0.2) is 0 Å². The molecule has 0 radical (unpaired) electrons. The van der Waals surface area contributed by atoms with Crippen LogP contribution in [0.5, 0.6) is 0 Å². The minimum Gasteiger partial charge on any atom is -0.313 e. The van der Waals surface area contributed by atoms with E-state index >= 15 is 0 Å². The molecular weight excluding hydrogens is 166 g/mol. The van der Waals surface area contributed by atoms with Gasteiger partial charge in [0.2, 0.25) is 0 Å². The highest BCUT2D eigenvalue weighted by Gasteiger charge is 2.36. The maximum Gasteiger partial charge on any atom is 0.136 e. The molecule has 2 fully saturated rings. The lowest BCUT2D eigenvalue weighted by Gasteiger charge is -2.40. The van der Waals surface area contributed by atoms with Crippen LogP contribution in [0.4, 0.5) is 0 Å². The van der Waals surface area contributed by atoms with Gasteiger partial charge in [0, 0.05) is 24.9 Å². The molecule has 2 heterocycles. The van der Waals surface area contributed by atoms with Crippen molar-refractivity contribution in [3.8, 4) is 0 Å². The number of hydrogen-bond donors (Lipinski definition) is 1. The number of fused-ring (bicyclic) bond motifs is 2. The first-order valence-corrected chi connectivity index (χ1v) is 5.26. The molecule has 0 aliphatic carbocycles. The molecule has 0 saturated carbocycles. The summed E-state index contributed by atoms with van der Waals surface area (Å²) in [5.74, 6) is 0.324. The second-order valence-corrected chi connectivity index (χ2v) is 3.57. The number of hydroxylamine groups is 2. The summed E-state index contributed by atoms with van der Waals surface area (Å²) in [6, 6.07) is 0.269. The van der Waals surface area contributed by atoms with Crippen LogP contribution in [-0.2, 0) is 4.79 Å². The lowest BCUT2D eigenvalue weighted by Crippen LogP contribution is -2.50. The second kappa shape index (κ2) is 4.72. The fourth-order valence-electron chi connectivity index (χ4n) is 2.15. The summed E-state index contributed by atoms with van der Waals surface area (Å²) in [6.07, 6.45) is 4.26. The third-order valence-corrected chi connectivity index (χ3v) is 2.75. The maximum atomic E-state index is 11.1. The zero-order valence-corrected chi connectivity index (χ0v) is 8.49. The summed E-state index contributed by atoms with van der Waals surface area (Å²) >= 11 is 0. The molecule has 0 amide bonds. The first-order chi connectivity index (χ1) is 6.27. The number of Topliss-reactive ketones (excluding diaryl/α,β-unsaturated/α-hetero) is 1. The van der Waals surface area contributed by atoms with Crippen molar-refractivity contribution in [1.82, 2.24) is 5.06 Å². The van der Waals surface area contributed by atoms with Crippen molar-refractivity contribution in [2.75, 3.05) is 0 Å². The molecule has 0 aromatic heterocycles. The average molecular weight is 185 g/mol. The number of carbonyl (C=O) groups is 1. The van der Waals surface area contributed by atoms with Crippen molar-refractivity contribution in [3.63, 3.8) is 0 Å². The Bertz CT molecular complexity index is 166. The Morgan fingerprint density at radius 2 is 1.69 bits per heavy atom. The molecule has 2 rings (SSSR count). The fraction of sp³-hybridized carbons (Fsp3) is 0.900. The lowest BCUT2D eigenvalue weighted by atomic mass is 9.86. The maximum absolute atomic E-state index is 11.1. The van der Waals surface area contributed by atoms with E-state index < -0.39 is 0 Å². The van der Waals surface area contributed by atoms with Crippen molar-refractivity contribution in [2.45, 2.75) is 58.0 Å². The smallest absolute Gasteiger partial charge is 0.136 e. The normalized spacial score (nSPS) is 33.6. The third-order valence-electron chi connectivity index (χ3n) is 2.75. The van der Waals surface area contributed by atoms with E-state index in [1.165, 1.54) is 11.5 Å². The van der Waals surface area contributed by atoms with E-state index in [1.807, 2.05) is 13.8 Å². The van der Waals surface area contributed by atoms with Crippen molar-refractivity contribution in [3.05, 3.63) is 0 Å². The van der Waals surface area contributed by atoms with Crippen molar-refractivity contribution >= 4 is 5.78 Å². The lowest BCUT2D eigenvalue weighted by molar-refractivity contribution is -0.194. The molecule has 0 aromatic rings. The van der Waals surface area contributed by atoms with Crippen molar-refractivity contribution < 1.29 is 10.0 Å². The van der Waals surface area contributed by atoms with Crippen LogP contribution in [0.2, 0.25) is 0 Å². The largest absolute Gasteiger partial charge is 0.313 e. The highest BCUT2D eigenvalue weighted by molar-refractivity contribution is 5.80. The van der Waals surface area contributed by atoms with Gasteiger partial charge in [0.1, 0.15) is 5.78 Å². The first kappa shape index (κ1) is 10.7. The minimum absolute atomic E-state index is 0.134. The molecule has 3 nitrogen and oxygen atoms in total. The second-order valence-electron chi connectivity index (χ2n) is 3.57. The Hall–Kier alpha value is -0.410. The van der Waals surface area contributed by atoms with E-state index in [1.54, 1.807) is 0 Å². The molecule has 2 aliphatic heterocycles. The Balaban J connectivity index is 0.000000396. The molecule has 2 aliphatic rings. The summed E-state index contributed by atoms with van der Waals surface area (Å²) in [5, 5.41) is 10.9. The van der Waals surface area contributed by atoms with Crippen LogP contribution < -0.4 is 0 Å². The molecular formula is C10H19NO2. The summed E-state index contributed by atoms with van der Waals surface area (Å²) in [4.78, 5) is 11.1. The third kappa shape index (κ3) is 2.29. The monoisotopic (exact) mass is 185 g/mol. The topological polar surface area (TPSA) is 40.5 Å². The van der Waals surface area contributed by atoms with Gasteiger partial charge in [-0.05, 0) is 12.8 Å². The molecule has 2 atom stereocenters. The highest BCUT2D eigenvalue weighted by Crippen LogP contribution is 2.30. The van der Waals surface area contributed by atoms with E-state index in [4.69, 9.17) is 0 Å². The summed E-state index contributed by atoms with van der Waals surface area (Å²) in [5.41, 5.74) is 0. The van der Waals surface area contributed by atoms with Crippen LogP contribution in [0.3, 0.4) is 0 Å².